The molecule has 0 aliphatic heterocycles. The highest BCUT2D eigenvalue weighted by Gasteiger charge is 2.16. The largest absolute Gasteiger partial charge is 0.506 e. The van der Waals surface area contributed by atoms with Crippen molar-refractivity contribution in [3.05, 3.63) is 29.8 Å². The molecule has 0 aliphatic carbocycles. The van der Waals surface area contributed by atoms with Crippen LogP contribution in [-0.4, -0.2) is 33.2 Å². The van der Waals surface area contributed by atoms with Gasteiger partial charge in [-0.05, 0) is 24.3 Å². The molecule has 0 amide bonds. The number of aliphatic hydroxyl groups is 1. The smallest absolute Gasteiger partial charge is 0.339 e. The molecule has 0 saturated heterocycles. The summed E-state index contributed by atoms with van der Waals surface area (Å²) in [6.45, 7) is -0.599. The molecule has 0 heterocycles. The van der Waals surface area contributed by atoms with Crippen molar-refractivity contribution >= 4 is 16.7 Å². The number of fused-ring (bicyclic) bond motifs is 1. The lowest BCUT2D eigenvalue weighted by Gasteiger charge is -2.10. The van der Waals surface area contributed by atoms with E-state index >= 15 is 0 Å². The first-order valence-corrected chi connectivity index (χ1v) is 5.01. The zero-order chi connectivity index (χ0) is 13.3. The van der Waals surface area contributed by atoms with E-state index in [1.807, 2.05) is 0 Å². The Morgan fingerprint density at radius 3 is 2.28 bits per heavy atom. The zero-order valence-corrected chi connectivity index (χ0v) is 9.12. The minimum Gasteiger partial charge on any atom is -0.506 e. The van der Waals surface area contributed by atoms with Crippen molar-refractivity contribution in [2.24, 2.45) is 0 Å². The summed E-state index contributed by atoms with van der Waals surface area (Å²) in [5.41, 5.74) is -0.252. The Bertz CT molecular complexity index is 619. The van der Waals surface area contributed by atoms with Crippen LogP contribution in [0.1, 0.15) is 10.4 Å². The topological polar surface area (TPSA) is 107 Å². The number of aromatic carboxylic acids is 1. The molecule has 6 nitrogen and oxygen atoms in total. The molecule has 2 aromatic carbocycles. The molecule has 18 heavy (non-hydrogen) atoms. The van der Waals surface area contributed by atoms with Gasteiger partial charge in [0.25, 0.3) is 0 Å². The molecule has 4 N–H and O–H groups in total. The number of rotatable bonds is 3. The van der Waals surface area contributed by atoms with Gasteiger partial charge in [0.15, 0.2) is 18.3 Å². The monoisotopic (exact) mass is 250 g/mol. The van der Waals surface area contributed by atoms with Crippen molar-refractivity contribution in [1.82, 2.24) is 0 Å². The highest BCUT2D eigenvalue weighted by molar-refractivity contribution is 6.02. The molecular formula is C12H10O6. The van der Waals surface area contributed by atoms with Gasteiger partial charge in [0.05, 0.1) is 0 Å². The van der Waals surface area contributed by atoms with Crippen LogP contribution in [0.4, 0.5) is 0 Å². The summed E-state index contributed by atoms with van der Waals surface area (Å²) in [7, 11) is 0. The van der Waals surface area contributed by atoms with Gasteiger partial charge in [0, 0.05) is 10.8 Å². The average molecular weight is 250 g/mol. The second-order valence-electron chi connectivity index (χ2n) is 3.55. The number of hydrogen-bond acceptors (Lipinski definition) is 5. The number of benzene rings is 2. The van der Waals surface area contributed by atoms with Gasteiger partial charge in [-0.2, -0.15) is 0 Å². The number of aromatic hydroxyl groups is 2. The molecule has 2 aromatic rings. The first-order valence-electron chi connectivity index (χ1n) is 5.01. The van der Waals surface area contributed by atoms with Crippen LogP contribution < -0.4 is 4.74 Å². The first kappa shape index (κ1) is 12.0. The summed E-state index contributed by atoms with van der Waals surface area (Å²) in [5, 5.41) is 37.5. The Morgan fingerprint density at radius 1 is 1.06 bits per heavy atom. The van der Waals surface area contributed by atoms with Crippen LogP contribution in [0, 0.1) is 0 Å². The highest BCUT2D eigenvalue weighted by atomic mass is 16.6. The third kappa shape index (κ3) is 1.78. The Kier molecular flexibility index (Phi) is 2.95. The van der Waals surface area contributed by atoms with Crippen LogP contribution in [0.15, 0.2) is 24.3 Å². The minimum atomic E-state index is -1.26. The van der Waals surface area contributed by atoms with E-state index < -0.39 is 18.5 Å². The molecule has 0 saturated carbocycles. The predicted octanol–water partition coefficient (Wildman–Crippen LogP) is 1.28. The van der Waals surface area contributed by atoms with E-state index in [9.17, 15) is 15.0 Å². The van der Waals surface area contributed by atoms with Crippen LogP contribution in [0.5, 0.6) is 17.2 Å². The fourth-order valence-electron chi connectivity index (χ4n) is 1.71. The molecule has 0 aliphatic rings. The van der Waals surface area contributed by atoms with Crippen molar-refractivity contribution in [1.29, 1.82) is 0 Å². The SMILES string of the molecule is O=C(O)c1ccc2c(O)c(OCO)ccc2c1O. The van der Waals surface area contributed by atoms with Gasteiger partial charge in [-0.3, -0.25) is 0 Å². The number of ether oxygens (including phenoxy) is 1. The summed E-state index contributed by atoms with van der Waals surface area (Å²) < 4.78 is 4.77. The fourth-order valence-corrected chi connectivity index (χ4v) is 1.71. The lowest BCUT2D eigenvalue weighted by molar-refractivity contribution is 0.0694. The number of hydrogen-bond donors (Lipinski definition) is 4. The van der Waals surface area contributed by atoms with E-state index in [4.69, 9.17) is 14.9 Å². The molecule has 0 atom stereocenters. The Labute approximate surface area is 101 Å². The molecular weight excluding hydrogens is 240 g/mol. The van der Waals surface area contributed by atoms with E-state index in [2.05, 4.69) is 0 Å². The minimum absolute atomic E-state index is 0.0486. The van der Waals surface area contributed by atoms with Crippen molar-refractivity contribution in [3.63, 3.8) is 0 Å². The van der Waals surface area contributed by atoms with Crippen molar-refractivity contribution in [3.8, 4) is 17.2 Å². The third-order valence-corrected chi connectivity index (χ3v) is 2.56. The van der Waals surface area contributed by atoms with Gasteiger partial charge in [-0.15, -0.1) is 0 Å². The predicted molar refractivity (Wildman–Crippen MR) is 62.0 cm³/mol. The molecule has 0 fully saturated rings. The third-order valence-electron chi connectivity index (χ3n) is 2.56. The molecule has 0 unspecified atom stereocenters. The number of carboxylic acid groups (broad SMARTS) is 1. The van der Waals surface area contributed by atoms with Crippen molar-refractivity contribution in [2.75, 3.05) is 6.79 Å². The summed E-state index contributed by atoms with van der Waals surface area (Å²) in [5.74, 6) is -1.91. The zero-order valence-electron chi connectivity index (χ0n) is 9.12. The summed E-state index contributed by atoms with van der Waals surface area (Å²) >= 11 is 0. The molecule has 6 heteroatoms. The lowest BCUT2D eigenvalue weighted by Crippen LogP contribution is -1.98. The maximum absolute atomic E-state index is 10.8. The van der Waals surface area contributed by atoms with Crippen LogP contribution in [0.2, 0.25) is 0 Å². The summed E-state index contributed by atoms with van der Waals surface area (Å²) in [4.78, 5) is 10.8. The van der Waals surface area contributed by atoms with Gasteiger partial charge in [0.2, 0.25) is 0 Å². The van der Waals surface area contributed by atoms with Crippen LogP contribution >= 0.6 is 0 Å². The molecule has 0 radical (unpaired) electrons. The van der Waals surface area contributed by atoms with Gasteiger partial charge >= 0.3 is 5.97 Å². The van der Waals surface area contributed by atoms with E-state index in [1.54, 1.807) is 0 Å². The standard InChI is InChI=1S/C12H10O6/c13-5-18-9-4-3-6-7(11(9)15)1-2-8(10(6)14)12(16)17/h1-4,13-15H,5H2,(H,16,17). The van der Waals surface area contributed by atoms with Crippen LogP contribution in [0.25, 0.3) is 10.8 Å². The number of phenols is 2. The Morgan fingerprint density at radius 2 is 1.67 bits per heavy atom. The van der Waals surface area contributed by atoms with Gasteiger partial charge in [-0.25, -0.2) is 4.79 Å². The molecule has 2 rings (SSSR count). The van der Waals surface area contributed by atoms with Crippen molar-refractivity contribution in [2.45, 2.75) is 0 Å². The molecule has 0 bridgehead atoms. The molecule has 94 valence electrons. The molecule has 0 aromatic heterocycles. The second-order valence-corrected chi connectivity index (χ2v) is 3.55. The maximum Gasteiger partial charge on any atom is 0.339 e. The molecule has 0 spiro atoms. The normalized spacial score (nSPS) is 10.5. The Balaban J connectivity index is 2.71. The maximum atomic E-state index is 10.8. The second kappa shape index (κ2) is 4.42. The van der Waals surface area contributed by atoms with Crippen LogP contribution in [0.3, 0.4) is 0 Å². The van der Waals surface area contributed by atoms with Gasteiger partial charge in [-0.1, -0.05) is 0 Å². The highest BCUT2D eigenvalue weighted by Crippen LogP contribution is 2.39. The number of carboxylic acids is 1. The Hall–Kier alpha value is -2.47. The number of carbonyl (C=O) groups is 1. The fraction of sp³-hybridized carbons (Fsp3) is 0.0833. The summed E-state index contributed by atoms with van der Waals surface area (Å²) in [6, 6.07) is 5.28. The number of aliphatic hydroxyl groups excluding tert-OH is 1. The number of phenolic OH excluding ortho intramolecular Hbond substituents is 1. The van der Waals surface area contributed by atoms with E-state index in [-0.39, 0.29) is 27.8 Å². The van der Waals surface area contributed by atoms with Crippen LogP contribution in [-0.2, 0) is 0 Å². The van der Waals surface area contributed by atoms with E-state index in [0.717, 1.165) is 0 Å². The average Bonchev–Trinajstić information content (AvgIpc) is 2.33. The quantitative estimate of drug-likeness (QED) is 0.611. The summed E-state index contributed by atoms with van der Waals surface area (Å²) in [6.07, 6.45) is 0. The van der Waals surface area contributed by atoms with E-state index in [0.29, 0.717) is 0 Å². The lowest BCUT2D eigenvalue weighted by atomic mass is 10.0. The van der Waals surface area contributed by atoms with E-state index in [1.165, 1.54) is 24.3 Å². The first-order chi connectivity index (χ1) is 8.56. The van der Waals surface area contributed by atoms with Crippen molar-refractivity contribution < 1.29 is 30.0 Å². The van der Waals surface area contributed by atoms with Gasteiger partial charge < -0.3 is 25.2 Å². The van der Waals surface area contributed by atoms with Gasteiger partial charge in [0.1, 0.15) is 11.3 Å².